The molecule has 2 aromatic heterocycles. The standard InChI is InChI=1S/C12H16N4OS/c1-7(2)16-6-9(5-14-16)15-12(17)11-4-10(13)8(3)18-11/h4-7H,13H2,1-3H3,(H,15,17). The molecular formula is C12H16N4OS. The molecule has 2 heterocycles. The van der Waals surface area contributed by atoms with Gasteiger partial charge in [-0.2, -0.15) is 5.10 Å². The van der Waals surface area contributed by atoms with Gasteiger partial charge in [0.15, 0.2) is 0 Å². The highest BCUT2D eigenvalue weighted by Crippen LogP contribution is 2.24. The fraction of sp³-hybridized carbons (Fsp3) is 0.333. The molecule has 0 aliphatic rings. The molecule has 18 heavy (non-hydrogen) atoms. The third-order valence-electron chi connectivity index (χ3n) is 2.57. The summed E-state index contributed by atoms with van der Waals surface area (Å²) in [5.74, 6) is -0.150. The van der Waals surface area contributed by atoms with E-state index in [1.54, 1.807) is 16.9 Å². The zero-order valence-corrected chi connectivity index (χ0v) is 11.4. The minimum Gasteiger partial charge on any atom is -0.398 e. The molecule has 96 valence electrons. The SMILES string of the molecule is Cc1sc(C(=O)Nc2cnn(C(C)C)c2)cc1N. The number of hydrogen-bond donors (Lipinski definition) is 2. The van der Waals surface area contributed by atoms with Crippen LogP contribution in [-0.2, 0) is 0 Å². The summed E-state index contributed by atoms with van der Waals surface area (Å²) in [6, 6.07) is 1.97. The smallest absolute Gasteiger partial charge is 0.265 e. The van der Waals surface area contributed by atoms with E-state index in [2.05, 4.69) is 10.4 Å². The van der Waals surface area contributed by atoms with Crippen LogP contribution in [0.2, 0.25) is 0 Å². The molecule has 0 saturated heterocycles. The van der Waals surface area contributed by atoms with Gasteiger partial charge in [0.1, 0.15) is 0 Å². The van der Waals surface area contributed by atoms with Crippen LogP contribution in [0.4, 0.5) is 11.4 Å². The van der Waals surface area contributed by atoms with Crippen molar-refractivity contribution in [2.45, 2.75) is 26.8 Å². The van der Waals surface area contributed by atoms with E-state index in [0.29, 0.717) is 16.3 Å². The lowest BCUT2D eigenvalue weighted by Gasteiger charge is -2.03. The number of anilines is 2. The third kappa shape index (κ3) is 2.53. The minimum atomic E-state index is -0.150. The summed E-state index contributed by atoms with van der Waals surface area (Å²) < 4.78 is 1.80. The van der Waals surface area contributed by atoms with E-state index in [9.17, 15) is 4.79 Å². The quantitative estimate of drug-likeness (QED) is 0.895. The highest BCUT2D eigenvalue weighted by atomic mass is 32.1. The summed E-state index contributed by atoms with van der Waals surface area (Å²) in [5.41, 5.74) is 7.08. The molecule has 0 aliphatic heterocycles. The minimum absolute atomic E-state index is 0.150. The van der Waals surface area contributed by atoms with E-state index in [4.69, 9.17) is 5.73 Å². The number of nitrogens with two attached hydrogens (primary N) is 1. The first-order valence-corrected chi connectivity index (χ1v) is 6.50. The van der Waals surface area contributed by atoms with Crippen LogP contribution in [0.1, 0.15) is 34.4 Å². The van der Waals surface area contributed by atoms with Gasteiger partial charge in [-0.25, -0.2) is 0 Å². The van der Waals surface area contributed by atoms with Crippen molar-refractivity contribution in [3.05, 3.63) is 28.2 Å². The molecule has 6 heteroatoms. The van der Waals surface area contributed by atoms with Gasteiger partial charge in [0.25, 0.3) is 5.91 Å². The van der Waals surface area contributed by atoms with Crippen LogP contribution in [0, 0.1) is 6.92 Å². The van der Waals surface area contributed by atoms with Gasteiger partial charge in [0.05, 0.1) is 16.8 Å². The van der Waals surface area contributed by atoms with Crippen LogP contribution < -0.4 is 11.1 Å². The van der Waals surface area contributed by atoms with Gasteiger partial charge < -0.3 is 11.1 Å². The van der Waals surface area contributed by atoms with Crippen LogP contribution in [0.5, 0.6) is 0 Å². The summed E-state index contributed by atoms with van der Waals surface area (Å²) in [6.07, 6.45) is 3.45. The van der Waals surface area contributed by atoms with Crippen LogP contribution in [0.25, 0.3) is 0 Å². The lowest BCUT2D eigenvalue weighted by molar-refractivity contribution is 0.103. The molecule has 0 fully saturated rings. The van der Waals surface area contributed by atoms with E-state index in [1.807, 2.05) is 27.0 Å². The molecule has 2 aromatic rings. The number of amides is 1. The van der Waals surface area contributed by atoms with Crippen molar-refractivity contribution in [2.24, 2.45) is 0 Å². The van der Waals surface area contributed by atoms with Crippen LogP contribution >= 0.6 is 11.3 Å². The summed E-state index contributed by atoms with van der Waals surface area (Å²) in [4.78, 5) is 13.5. The zero-order valence-electron chi connectivity index (χ0n) is 10.6. The van der Waals surface area contributed by atoms with Gasteiger partial charge in [-0.1, -0.05) is 0 Å². The van der Waals surface area contributed by atoms with Crippen molar-refractivity contribution in [2.75, 3.05) is 11.1 Å². The molecular weight excluding hydrogens is 248 g/mol. The molecule has 2 rings (SSSR count). The Labute approximate surface area is 110 Å². The number of carbonyl (C=O) groups excluding carboxylic acids is 1. The topological polar surface area (TPSA) is 72.9 Å². The second kappa shape index (κ2) is 4.81. The Morgan fingerprint density at radius 3 is 2.78 bits per heavy atom. The largest absolute Gasteiger partial charge is 0.398 e. The maximum absolute atomic E-state index is 12.0. The Morgan fingerprint density at radius 2 is 2.28 bits per heavy atom. The number of rotatable bonds is 3. The number of thiophene rings is 1. The molecule has 0 aromatic carbocycles. The highest BCUT2D eigenvalue weighted by molar-refractivity contribution is 7.14. The number of nitrogen functional groups attached to an aromatic ring is 1. The molecule has 0 unspecified atom stereocenters. The Bertz CT molecular complexity index is 551. The summed E-state index contributed by atoms with van der Waals surface area (Å²) >= 11 is 1.39. The van der Waals surface area contributed by atoms with E-state index >= 15 is 0 Å². The summed E-state index contributed by atoms with van der Waals surface area (Å²) in [7, 11) is 0. The van der Waals surface area contributed by atoms with Crippen molar-refractivity contribution in [1.82, 2.24) is 9.78 Å². The number of nitrogens with zero attached hydrogens (tertiary/aromatic N) is 2. The monoisotopic (exact) mass is 264 g/mol. The fourth-order valence-corrected chi connectivity index (χ4v) is 2.32. The van der Waals surface area contributed by atoms with Crippen molar-refractivity contribution >= 4 is 28.6 Å². The molecule has 0 aliphatic carbocycles. The van der Waals surface area contributed by atoms with Gasteiger partial charge in [-0.15, -0.1) is 11.3 Å². The third-order valence-corrected chi connectivity index (χ3v) is 3.63. The highest BCUT2D eigenvalue weighted by Gasteiger charge is 2.12. The van der Waals surface area contributed by atoms with Gasteiger partial charge in [0, 0.05) is 22.8 Å². The van der Waals surface area contributed by atoms with Crippen LogP contribution in [0.15, 0.2) is 18.5 Å². The summed E-state index contributed by atoms with van der Waals surface area (Å²) in [5, 5.41) is 6.97. The maximum atomic E-state index is 12.0. The molecule has 0 radical (unpaired) electrons. The van der Waals surface area contributed by atoms with Crippen LogP contribution in [-0.4, -0.2) is 15.7 Å². The van der Waals surface area contributed by atoms with Crippen molar-refractivity contribution in [3.63, 3.8) is 0 Å². The Kier molecular flexibility index (Phi) is 3.38. The summed E-state index contributed by atoms with van der Waals surface area (Å²) in [6.45, 7) is 5.96. The molecule has 0 spiro atoms. The maximum Gasteiger partial charge on any atom is 0.265 e. The first kappa shape index (κ1) is 12.6. The van der Waals surface area contributed by atoms with Crippen molar-refractivity contribution < 1.29 is 4.79 Å². The van der Waals surface area contributed by atoms with E-state index in [0.717, 1.165) is 4.88 Å². The Balaban J connectivity index is 2.11. The molecule has 5 nitrogen and oxygen atoms in total. The number of hydrogen-bond acceptors (Lipinski definition) is 4. The predicted molar refractivity (Wildman–Crippen MR) is 74.0 cm³/mol. The van der Waals surface area contributed by atoms with E-state index < -0.39 is 0 Å². The average Bonchev–Trinajstić information content (AvgIpc) is 2.87. The molecule has 0 saturated carbocycles. The lowest BCUT2D eigenvalue weighted by atomic mass is 10.3. The number of nitrogens with one attached hydrogen (secondary N) is 1. The van der Waals surface area contributed by atoms with Gasteiger partial charge in [-0.05, 0) is 26.8 Å². The van der Waals surface area contributed by atoms with Crippen molar-refractivity contribution in [1.29, 1.82) is 0 Å². The first-order chi connectivity index (χ1) is 8.47. The molecule has 0 bridgehead atoms. The first-order valence-electron chi connectivity index (χ1n) is 5.69. The zero-order chi connectivity index (χ0) is 13.3. The Hall–Kier alpha value is -1.82. The number of aryl methyl sites for hydroxylation is 1. The fourth-order valence-electron chi connectivity index (χ4n) is 1.49. The molecule has 0 atom stereocenters. The van der Waals surface area contributed by atoms with Crippen LogP contribution in [0.3, 0.4) is 0 Å². The second-order valence-electron chi connectivity index (χ2n) is 4.38. The van der Waals surface area contributed by atoms with Gasteiger partial charge in [0.2, 0.25) is 0 Å². The number of aromatic nitrogens is 2. The normalized spacial score (nSPS) is 10.9. The molecule has 3 N–H and O–H groups in total. The number of carbonyl (C=O) groups is 1. The Morgan fingerprint density at radius 1 is 1.56 bits per heavy atom. The predicted octanol–water partition coefficient (Wildman–Crippen LogP) is 2.67. The second-order valence-corrected chi connectivity index (χ2v) is 5.64. The van der Waals surface area contributed by atoms with Gasteiger partial charge in [-0.3, -0.25) is 9.48 Å². The van der Waals surface area contributed by atoms with E-state index in [1.165, 1.54) is 11.3 Å². The molecule has 1 amide bonds. The van der Waals surface area contributed by atoms with Gasteiger partial charge >= 0.3 is 0 Å². The lowest BCUT2D eigenvalue weighted by Crippen LogP contribution is -2.09. The van der Waals surface area contributed by atoms with E-state index in [-0.39, 0.29) is 11.9 Å². The van der Waals surface area contributed by atoms with Crippen molar-refractivity contribution in [3.8, 4) is 0 Å². The average molecular weight is 264 g/mol.